The van der Waals surface area contributed by atoms with Crippen molar-refractivity contribution in [2.45, 2.75) is 26.4 Å². The van der Waals surface area contributed by atoms with E-state index in [9.17, 15) is 9.90 Å². The number of anilines is 3. The molecule has 3 aromatic rings. The molecule has 0 saturated carbocycles. The van der Waals surface area contributed by atoms with E-state index < -0.39 is 5.97 Å². The molecular weight excluding hydrogens is 388 g/mol. The zero-order valence-electron chi connectivity index (χ0n) is 18.2. The second-order valence-corrected chi connectivity index (χ2v) is 8.00. The minimum absolute atomic E-state index is 0.167. The zero-order valence-corrected chi connectivity index (χ0v) is 18.2. The highest BCUT2D eigenvalue weighted by Gasteiger charge is 2.28. The van der Waals surface area contributed by atoms with Crippen molar-refractivity contribution in [3.05, 3.63) is 83.2 Å². The molecule has 4 rings (SSSR count). The topological polar surface area (TPSA) is 68.7 Å². The number of aryl methyl sites for hydroxylation is 1. The molecule has 0 saturated heterocycles. The summed E-state index contributed by atoms with van der Waals surface area (Å²) in [6.07, 6.45) is 3.07. The molecule has 0 fully saturated rings. The first-order chi connectivity index (χ1) is 15.0. The first-order valence-electron chi connectivity index (χ1n) is 10.6. The van der Waals surface area contributed by atoms with Gasteiger partial charge in [0.25, 0.3) is 0 Å². The maximum absolute atomic E-state index is 11.5. The molecule has 0 radical (unpaired) electrons. The van der Waals surface area contributed by atoms with Crippen molar-refractivity contribution in [2.75, 3.05) is 30.4 Å². The number of pyridine rings is 1. The van der Waals surface area contributed by atoms with E-state index in [4.69, 9.17) is 0 Å². The van der Waals surface area contributed by atoms with E-state index in [1.807, 2.05) is 0 Å². The largest absolute Gasteiger partial charge is 0.478 e. The number of hydrogen-bond donors (Lipinski definition) is 2. The van der Waals surface area contributed by atoms with Crippen LogP contribution in [0.5, 0.6) is 0 Å². The molecule has 6 heteroatoms. The molecule has 1 aliphatic rings. The molecule has 160 valence electrons. The van der Waals surface area contributed by atoms with Gasteiger partial charge in [-0.2, -0.15) is 0 Å². The molecule has 0 spiro atoms. The Labute approximate surface area is 183 Å². The SMILES string of the molecule is CCN(c1ccc(C)cc1)c1ccc2c(c1)CN(C)[C@H]2CNc1cnccc1C(=O)O. The summed E-state index contributed by atoms with van der Waals surface area (Å²) in [5.74, 6) is -0.953. The highest BCUT2D eigenvalue weighted by molar-refractivity contribution is 5.93. The Morgan fingerprint density at radius 3 is 2.65 bits per heavy atom. The number of benzene rings is 2. The van der Waals surface area contributed by atoms with Gasteiger partial charge < -0.3 is 15.3 Å². The summed E-state index contributed by atoms with van der Waals surface area (Å²) in [4.78, 5) is 20.1. The van der Waals surface area contributed by atoms with E-state index in [0.717, 1.165) is 13.1 Å². The Kier molecular flexibility index (Phi) is 5.91. The van der Waals surface area contributed by atoms with Gasteiger partial charge >= 0.3 is 5.97 Å². The fourth-order valence-corrected chi connectivity index (χ4v) is 4.27. The van der Waals surface area contributed by atoms with Crippen molar-refractivity contribution in [3.8, 4) is 0 Å². The number of likely N-dealkylation sites (N-methyl/N-ethyl adjacent to an activating group) is 1. The Hall–Kier alpha value is -3.38. The van der Waals surface area contributed by atoms with Gasteiger partial charge in [-0.3, -0.25) is 9.88 Å². The van der Waals surface area contributed by atoms with E-state index >= 15 is 0 Å². The van der Waals surface area contributed by atoms with Gasteiger partial charge in [0.15, 0.2) is 0 Å². The minimum Gasteiger partial charge on any atom is -0.478 e. The zero-order chi connectivity index (χ0) is 22.0. The fraction of sp³-hybridized carbons (Fsp3) is 0.280. The standard InChI is InChI=1S/C25H28N4O2/c1-4-29(19-7-5-17(2)6-8-19)20-9-10-21-18(13-20)16-28(3)24(21)15-27-23-14-26-12-11-22(23)25(30)31/h5-14,24,27H,4,15-16H2,1-3H3,(H,30,31)/t24-/m0/s1. The molecule has 2 heterocycles. The lowest BCUT2D eigenvalue weighted by atomic mass is 10.0. The highest BCUT2D eigenvalue weighted by atomic mass is 16.4. The number of hydrogen-bond acceptors (Lipinski definition) is 5. The smallest absolute Gasteiger partial charge is 0.337 e. The quantitative estimate of drug-likeness (QED) is 0.574. The average molecular weight is 417 g/mol. The average Bonchev–Trinajstić information content (AvgIpc) is 3.08. The molecule has 0 bridgehead atoms. The van der Waals surface area contributed by atoms with Crippen LogP contribution in [0.15, 0.2) is 60.9 Å². The number of nitrogens with zero attached hydrogens (tertiary/aromatic N) is 3. The molecule has 1 aliphatic heterocycles. The Bertz CT molecular complexity index is 1080. The van der Waals surface area contributed by atoms with Crippen LogP contribution in [0.3, 0.4) is 0 Å². The monoisotopic (exact) mass is 416 g/mol. The summed E-state index contributed by atoms with van der Waals surface area (Å²) in [5, 5.41) is 12.7. The predicted molar refractivity (Wildman–Crippen MR) is 124 cm³/mol. The fourth-order valence-electron chi connectivity index (χ4n) is 4.27. The van der Waals surface area contributed by atoms with E-state index in [-0.39, 0.29) is 11.6 Å². The van der Waals surface area contributed by atoms with Crippen molar-refractivity contribution in [3.63, 3.8) is 0 Å². The molecule has 2 N–H and O–H groups in total. The van der Waals surface area contributed by atoms with E-state index in [1.54, 1.807) is 6.20 Å². The van der Waals surface area contributed by atoms with Crippen molar-refractivity contribution in [1.29, 1.82) is 0 Å². The number of aromatic carboxylic acids is 1. The third-order valence-electron chi connectivity index (χ3n) is 5.95. The molecule has 6 nitrogen and oxygen atoms in total. The lowest BCUT2D eigenvalue weighted by Gasteiger charge is -2.24. The van der Waals surface area contributed by atoms with E-state index in [0.29, 0.717) is 12.2 Å². The van der Waals surface area contributed by atoms with Crippen LogP contribution in [0, 0.1) is 6.92 Å². The van der Waals surface area contributed by atoms with Gasteiger partial charge in [-0.25, -0.2) is 4.79 Å². The normalized spacial score (nSPS) is 15.5. The van der Waals surface area contributed by atoms with Crippen molar-refractivity contribution < 1.29 is 9.90 Å². The third kappa shape index (κ3) is 4.25. The van der Waals surface area contributed by atoms with Crippen LogP contribution >= 0.6 is 0 Å². The minimum atomic E-state index is -0.953. The third-order valence-corrected chi connectivity index (χ3v) is 5.95. The lowest BCUT2D eigenvalue weighted by Crippen LogP contribution is -2.24. The predicted octanol–water partition coefficient (Wildman–Crippen LogP) is 4.84. The Morgan fingerprint density at radius 2 is 1.94 bits per heavy atom. The molecule has 0 amide bonds. The highest BCUT2D eigenvalue weighted by Crippen LogP contribution is 2.36. The van der Waals surface area contributed by atoms with Crippen molar-refractivity contribution in [2.24, 2.45) is 0 Å². The van der Waals surface area contributed by atoms with Crippen LogP contribution < -0.4 is 10.2 Å². The summed E-state index contributed by atoms with van der Waals surface area (Å²) in [5.41, 5.74) is 7.00. The van der Waals surface area contributed by atoms with Gasteiger partial charge in [-0.15, -0.1) is 0 Å². The van der Waals surface area contributed by atoms with Crippen LogP contribution in [0.1, 0.15) is 40.0 Å². The van der Waals surface area contributed by atoms with Crippen LogP contribution in [-0.4, -0.2) is 41.1 Å². The number of carbonyl (C=O) groups is 1. The molecule has 31 heavy (non-hydrogen) atoms. The summed E-state index contributed by atoms with van der Waals surface area (Å²) in [6, 6.07) is 17.0. The van der Waals surface area contributed by atoms with Crippen molar-refractivity contribution in [1.82, 2.24) is 9.88 Å². The maximum atomic E-state index is 11.5. The Balaban J connectivity index is 1.55. The summed E-state index contributed by atoms with van der Waals surface area (Å²) < 4.78 is 0. The Morgan fingerprint density at radius 1 is 1.19 bits per heavy atom. The molecule has 0 unspecified atom stereocenters. The molecule has 1 atom stereocenters. The summed E-state index contributed by atoms with van der Waals surface area (Å²) in [7, 11) is 2.10. The second-order valence-electron chi connectivity index (χ2n) is 8.00. The lowest BCUT2D eigenvalue weighted by molar-refractivity contribution is 0.0697. The van der Waals surface area contributed by atoms with Crippen molar-refractivity contribution >= 4 is 23.0 Å². The summed E-state index contributed by atoms with van der Waals surface area (Å²) >= 11 is 0. The van der Waals surface area contributed by atoms with Crippen LogP contribution in [-0.2, 0) is 6.54 Å². The van der Waals surface area contributed by atoms with Gasteiger partial charge in [0.1, 0.15) is 0 Å². The number of nitrogens with one attached hydrogen (secondary N) is 1. The van der Waals surface area contributed by atoms with Gasteiger partial charge in [0, 0.05) is 37.2 Å². The molecule has 1 aromatic heterocycles. The van der Waals surface area contributed by atoms with Crippen LogP contribution in [0.25, 0.3) is 0 Å². The molecule has 0 aliphatic carbocycles. The number of aromatic nitrogens is 1. The number of carboxylic acids is 1. The van der Waals surface area contributed by atoms with Gasteiger partial charge in [0.2, 0.25) is 0 Å². The second kappa shape index (κ2) is 8.78. The summed E-state index contributed by atoms with van der Waals surface area (Å²) in [6.45, 7) is 6.63. The van der Waals surface area contributed by atoms with E-state index in [2.05, 4.69) is 83.5 Å². The van der Waals surface area contributed by atoms with Gasteiger partial charge in [-0.1, -0.05) is 23.8 Å². The van der Waals surface area contributed by atoms with E-state index in [1.165, 1.54) is 40.3 Å². The van der Waals surface area contributed by atoms with Crippen LogP contribution in [0.2, 0.25) is 0 Å². The first kappa shape index (κ1) is 20.9. The van der Waals surface area contributed by atoms with Gasteiger partial charge in [-0.05, 0) is 62.4 Å². The maximum Gasteiger partial charge on any atom is 0.337 e. The number of carboxylic acid groups (broad SMARTS) is 1. The molecule has 2 aromatic carbocycles. The van der Waals surface area contributed by atoms with Crippen LogP contribution in [0.4, 0.5) is 17.1 Å². The van der Waals surface area contributed by atoms with Gasteiger partial charge in [0.05, 0.1) is 23.5 Å². The number of rotatable bonds is 7. The molecular formula is C25H28N4O2. The number of fused-ring (bicyclic) bond motifs is 1. The first-order valence-corrected chi connectivity index (χ1v) is 10.6.